The van der Waals surface area contributed by atoms with Gasteiger partial charge in [0.15, 0.2) is 0 Å². The summed E-state index contributed by atoms with van der Waals surface area (Å²) in [6.45, 7) is 2.09. The standard InChI is InChI=1S/C21H29F3N4O6/c1-2-15-14(29)11-17(34-15)28-12-13(18(31)27-20(28)33)7-8-16(30)25-9-5-3-4-6-10-26-19(32)21(22,23)24/h7-8,12,14-15,17,29H,2-6,9-11H2,1H3,(H,25,30)(H,26,32)(H,27,31,33)/b8-7+/t14?,15-,17-/m1/s1. The first-order chi connectivity index (χ1) is 16.0. The van der Waals surface area contributed by atoms with E-state index in [9.17, 15) is 37.5 Å². The van der Waals surface area contributed by atoms with Crippen LogP contribution < -0.4 is 21.9 Å². The number of amides is 2. The van der Waals surface area contributed by atoms with Gasteiger partial charge in [0.05, 0.1) is 17.8 Å². The summed E-state index contributed by atoms with van der Waals surface area (Å²) in [5, 5.41) is 14.4. The van der Waals surface area contributed by atoms with Crippen molar-refractivity contribution in [3.05, 3.63) is 38.7 Å². The van der Waals surface area contributed by atoms with Gasteiger partial charge in [0.1, 0.15) is 6.23 Å². The zero-order valence-corrected chi connectivity index (χ0v) is 18.7. The lowest BCUT2D eigenvalue weighted by atomic mass is 10.1. The number of ether oxygens (including phenoxy) is 1. The van der Waals surface area contributed by atoms with E-state index in [0.717, 1.165) is 6.08 Å². The number of rotatable bonds is 11. The Kier molecular flexibility index (Phi) is 10.1. The molecule has 1 aliphatic rings. The Labute approximate surface area is 193 Å². The Morgan fingerprint density at radius 2 is 1.85 bits per heavy atom. The van der Waals surface area contributed by atoms with Crippen LogP contribution in [-0.4, -0.2) is 57.9 Å². The molecule has 4 N–H and O–H groups in total. The van der Waals surface area contributed by atoms with E-state index in [4.69, 9.17) is 4.74 Å². The fourth-order valence-corrected chi connectivity index (χ4v) is 3.43. The molecular formula is C21H29F3N4O6. The van der Waals surface area contributed by atoms with Crippen LogP contribution in [-0.2, 0) is 14.3 Å². The van der Waals surface area contributed by atoms with Crippen LogP contribution in [0.3, 0.4) is 0 Å². The highest BCUT2D eigenvalue weighted by Crippen LogP contribution is 2.29. The number of alkyl halides is 3. The number of halogens is 3. The van der Waals surface area contributed by atoms with Crippen LogP contribution in [0.2, 0.25) is 0 Å². The Morgan fingerprint density at radius 1 is 1.21 bits per heavy atom. The highest BCUT2D eigenvalue weighted by molar-refractivity contribution is 5.91. The van der Waals surface area contributed by atoms with Crippen molar-refractivity contribution in [3.8, 4) is 0 Å². The van der Waals surface area contributed by atoms with E-state index in [2.05, 4.69) is 10.3 Å². The summed E-state index contributed by atoms with van der Waals surface area (Å²) >= 11 is 0. The van der Waals surface area contributed by atoms with Crippen molar-refractivity contribution in [2.75, 3.05) is 13.1 Å². The number of aromatic amines is 1. The molecule has 1 saturated heterocycles. The van der Waals surface area contributed by atoms with Gasteiger partial charge in [-0.2, -0.15) is 13.2 Å². The summed E-state index contributed by atoms with van der Waals surface area (Å²) in [4.78, 5) is 49.0. The van der Waals surface area contributed by atoms with Crippen LogP contribution in [0.15, 0.2) is 21.9 Å². The summed E-state index contributed by atoms with van der Waals surface area (Å²) in [5.41, 5.74) is -1.29. The van der Waals surface area contributed by atoms with Gasteiger partial charge in [0, 0.05) is 31.8 Å². The zero-order valence-electron chi connectivity index (χ0n) is 18.7. The maximum atomic E-state index is 12.1. The van der Waals surface area contributed by atoms with E-state index in [0.29, 0.717) is 38.6 Å². The zero-order chi connectivity index (χ0) is 25.3. The molecule has 34 heavy (non-hydrogen) atoms. The molecule has 0 saturated carbocycles. The van der Waals surface area contributed by atoms with Gasteiger partial charge in [-0.15, -0.1) is 0 Å². The minimum absolute atomic E-state index is 0.0636. The first-order valence-corrected chi connectivity index (χ1v) is 11.0. The van der Waals surface area contributed by atoms with E-state index in [1.165, 1.54) is 16.8 Å². The van der Waals surface area contributed by atoms with Gasteiger partial charge in [-0.25, -0.2) is 4.79 Å². The first-order valence-electron chi connectivity index (χ1n) is 11.0. The van der Waals surface area contributed by atoms with Crippen molar-refractivity contribution in [1.29, 1.82) is 0 Å². The average Bonchev–Trinajstić information content (AvgIpc) is 3.14. The minimum Gasteiger partial charge on any atom is -0.390 e. The van der Waals surface area contributed by atoms with E-state index in [-0.39, 0.29) is 18.5 Å². The average molecular weight is 490 g/mol. The van der Waals surface area contributed by atoms with Gasteiger partial charge < -0.3 is 20.5 Å². The van der Waals surface area contributed by atoms with Gasteiger partial charge in [0.2, 0.25) is 5.91 Å². The molecule has 0 spiro atoms. The van der Waals surface area contributed by atoms with Crippen molar-refractivity contribution in [2.45, 2.75) is 70.1 Å². The second-order valence-corrected chi connectivity index (χ2v) is 7.88. The van der Waals surface area contributed by atoms with Gasteiger partial charge in [0.25, 0.3) is 5.56 Å². The lowest BCUT2D eigenvalue weighted by molar-refractivity contribution is -0.173. The molecule has 10 nitrogen and oxygen atoms in total. The van der Waals surface area contributed by atoms with Crippen LogP contribution >= 0.6 is 0 Å². The molecule has 2 heterocycles. The molecule has 2 amide bonds. The molecule has 1 unspecified atom stereocenters. The largest absolute Gasteiger partial charge is 0.471 e. The van der Waals surface area contributed by atoms with E-state index in [1.807, 2.05) is 6.92 Å². The number of H-pyrrole nitrogens is 1. The van der Waals surface area contributed by atoms with Crippen molar-refractivity contribution in [1.82, 2.24) is 20.2 Å². The molecule has 1 fully saturated rings. The number of nitrogens with one attached hydrogen (secondary N) is 3. The Bertz CT molecular complexity index is 988. The normalized spacial score (nSPS) is 20.6. The predicted molar refractivity (Wildman–Crippen MR) is 116 cm³/mol. The highest BCUT2D eigenvalue weighted by Gasteiger charge is 2.38. The molecular weight excluding hydrogens is 461 g/mol. The number of aliphatic hydroxyl groups is 1. The monoisotopic (exact) mass is 490 g/mol. The third-order valence-electron chi connectivity index (χ3n) is 5.27. The fourth-order valence-electron chi connectivity index (χ4n) is 3.43. The molecule has 13 heteroatoms. The van der Waals surface area contributed by atoms with E-state index < -0.39 is 47.7 Å². The number of hydrogen-bond acceptors (Lipinski definition) is 6. The summed E-state index contributed by atoms with van der Waals surface area (Å²) in [5.74, 6) is -2.42. The smallest absolute Gasteiger partial charge is 0.390 e. The topological polar surface area (TPSA) is 143 Å². The molecule has 0 aromatic carbocycles. The Morgan fingerprint density at radius 3 is 2.44 bits per heavy atom. The molecule has 190 valence electrons. The lowest BCUT2D eigenvalue weighted by Crippen LogP contribution is -2.37. The summed E-state index contributed by atoms with van der Waals surface area (Å²) in [6, 6.07) is 0. The van der Waals surface area contributed by atoms with Crippen molar-refractivity contribution >= 4 is 17.9 Å². The Hall–Kier alpha value is -2.93. The molecule has 1 aliphatic heterocycles. The molecule has 1 aromatic heterocycles. The van der Waals surface area contributed by atoms with Crippen molar-refractivity contribution in [2.24, 2.45) is 0 Å². The number of aliphatic hydroxyl groups excluding tert-OH is 1. The molecule has 3 atom stereocenters. The Balaban J connectivity index is 1.76. The minimum atomic E-state index is -4.88. The number of nitrogens with zero attached hydrogens (tertiary/aromatic N) is 1. The lowest BCUT2D eigenvalue weighted by Gasteiger charge is -2.15. The molecule has 1 aromatic rings. The molecule has 2 rings (SSSR count). The van der Waals surface area contributed by atoms with Crippen LogP contribution in [0.4, 0.5) is 13.2 Å². The summed E-state index contributed by atoms with van der Waals surface area (Å²) in [6.07, 6.45) is -0.117. The number of hydrogen-bond donors (Lipinski definition) is 4. The van der Waals surface area contributed by atoms with Crippen LogP contribution in [0.5, 0.6) is 0 Å². The molecule has 0 bridgehead atoms. The third kappa shape index (κ3) is 8.13. The second kappa shape index (κ2) is 12.5. The van der Waals surface area contributed by atoms with Crippen molar-refractivity contribution < 1.29 is 32.6 Å². The van der Waals surface area contributed by atoms with Gasteiger partial charge in [-0.1, -0.05) is 19.8 Å². The number of carbonyl (C=O) groups excluding carboxylic acids is 2. The van der Waals surface area contributed by atoms with Crippen LogP contribution in [0.1, 0.15) is 57.2 Å². The maximum Gasteiger partial charge on any atom is 0.471 e. The predicted octanol–water partition coefficient (Wildman–Crippen LogP) is 0.963. The third-order valence-corrected chi connectivity index (χ3v) is 5.27. The second-order valence-electron chi connectivity index (χ2n) is 7.88. The molecule has 0 radical (unpaired) electrons. The quantitative estimate of drug-likeness (QED) is 0.269. The van der Waals surface area contributed by atoms with Gasteiger partial charge >= 0.3 is 17.8 Å². The number of carbonyl (C=O) groups is 2. The highest BCUT2D eigenvalue weighted by atomic mass is 19.4. The molecule has 0 aliphatic carbocycles. The number of aromatic nitrogens is 2. The number of unbranched alkanes of at least 4 members (excludes halogenated alkanes) is 3. The van der Waals surface area contributed by atoms with Crippen LogP contribution in [0, 0.1) is 0 Å². The summed E-state index contributed by atoms with van der Waals surface area (Å²) in [7, 11) is 0. The van der Waals surface area contributed by atoms with Gasteiger partial charge in [-0.3, -0.25) is 23.9 Å². The van der Waals surface area contributed by atoms with Gasteiger partial charge in [-0.05, 0) is 25.3 Å². The van der Waals surface area contributed by atoms with Crippen molar-refractivity contribution in [3.63, 3.8) is 0 Å². The van der Waals surface area contributed by atoms with E-state index >= 15 is 0 Å². The van der Waals surface area contributed by atoms with Crippen LogP contribution in [0.25, 0.3) is 6.08 Å². The van der Waals surface area contributed by atoms with E-state index in [1.54, 1.807) is 5.32 Å². The summed E-state index contributed by atoms with van der Waals surface area (Å²) < 4.78 is 42.9. The fraction of sp³-hybridized carbons (Fsp3) is 0.619. The first kappa shape index (κ1) is 27.3. The maximum absolute atomic E-state index is 12.1. The SMILES string of the molecule is CC[C@H]1O[C@@H](n2cc(/C=C/C(=O)NCCCCCCNC(=O)C(F)(F)F)c(=O)[nH]c2=O)CC1O.